The Bertz CT molecular complexity index is 200. The fourth-order valence-electron chi connectivity index (χ4n) is 3.16. The molecule has 2 aliphatic carbocycles. The quantitative estimate of drug-likeness (QED) is 0.651. The SMILES string of the molecule is CC1(C)[C@@H]2CC[C@@]1(C)[C@@H](O)C2.COC. The Labute approximate surface area is 87.7 Å². The van der Waals surface area contributed by atoms with Crippen LogP contribution in [0.2, 0.25) is 0 Å². The highest BCUT2D eigenvalue weighted by molar-refractivity contribution is 5.10. The molecule has 2 rings (SSSR count). The summed E-state index contributed by atoms with van der Waals surface area (Å²) in [7, 11) is 3.25. The first-order valence-corrected chi connectivity index (χ1v) is 5.48. The third-order valence-corrected chi connectivity index (χ3v) is 4.75. The average molecular weight is 200 g/mol. The molecular formula is C12H24O2. The highest BCUT2D eigenvalue weighted by atomic mass is 16.4. The Hall–Kier alpha value is -0.0800. The smallest absolute Gasteiger partial charge is 0.0601 e. The minimum atomic E-state index is -0.0313. The van der Waals surface area contributed by atoms with Crippen molar-refractivity contribution in [2.45, 2.75) is 46.1 Å². The second kappa shape index (κ2) is 3.82. The predicted octanol–water partition coefficient (Wildman–Crippen LogP) is 2.46. The van der Waals surface area contributed by atoms with Crippen molar-refractivity contribution in [3.8, 4) is 0 Å². The van der Waals surface area contributed by atoms with E-state index in [0.717, 1.165) is 12.3 Å². The van der Waals surface area contributed by atoms with Gasteiger partial charge in [-0.1, -0.05) is 20.8 Å². The Morgan fingerprint density at radius 1 is 1.21 bits per heavy atom. The molecule has 2 heteroatoms. The summed E-state index contributed by atoms with van der Waals surface area (Å²) >= 11 is 0. The maximum Gasteiger partial charge on any atom is 0.0601 e. The number of rotatable bonds is 0. The number of fused-ring (bicyclic) bond motifs is 2. The van der Waals surface area contributed by atoms with E-state index in [1.807, 2.05) is 0 Å². The molecule has 0 heterocycles. The van der Waals surface area contributed by atoms with Crippen LogP contribution in [0.5, 0.6) is 0 Å². The summed E-state index contributed by atoms with van der Waals surface area (Å²) in [5, 5.41) is 9.81. The van der Waals surface area contributed by atoms with Gasteiger partial charge in [-0.3, -0.25) is 0 Å². The molecule has 0 aromatic heterocycles. The lowest BCUT2D eigenvalue weighted by atomic mass is 9.70. The second-order valence-electron chi connectivity index (χ2n) is 5.53. The van der Waals surface area contributed by atoms with Crippen LogP contribution in [-0.4, -0.2) is 25.4 Å². The van der Waals surface area contributed by atoms with E-state index in [-0.39, 0.29) is 11.5 Å². The number of aliphatic hydroxyl groups is 1. The molecule has 14 heavy (non-hydrogen) atoms. The molecule has 84 valence electrons. The number of aliphatic hydroxyl groups excluding tert-OH is 1. The van der Waals surface area contributed by atoms with E-state index >= 15 is 0 Å². The van der Waals surface area contributed by atoms with Crippen LogP contribution in [0.25, 0.3) is 0 Å². The maximum absolute atomic E-state index is 9.81. The highest BCUT2D eigenvalue weighted by Crippen LogP contribution is 2.65. The van der Waals surface area contributed by atoms with E-state index in [0.29, 0.717) is 5.41 Å². The Kier molecular flexibility index (Phi) is 3.27. The predicted molar refractivity (Wildman–Crippen MR) is 58.2 cm³/mol. The van der Waals surface area contributed by atoms with Gasteiger partial charge in [-0.2, -0.15) is 0 Å². The number of hydrogen-bond acceptors (Lipinski definition) is 2. The van der Waals surface area contributed by atoms with Crippen molar-refractivity contribution in [2.75, 3.05) is 14.2 Å². The molecule has 2 saturated carbocycles. The van der Waals surface area contributed by atoms with Gasteiger partial charge in [0.05, 0.1) is 6.10 Å². The van der Waals surface area contributed by atoms with E-state index in [1.54, 1.807) is 14.2 Å². The molecule has 0 aromatic rings. The number of methoxy groups -OCH3 is 1. The van der Waals surface area contributed by atoms with Crippen LogP contribution in [0, 0.1) is 16.7 Å². The molecule has 0 radical (unpaired) electrons. The molecule has 0 aliphatic heterocycles. The van der Waals surface area contributed by atoms with Gasteiger partial charge in [-0.05, 0) is 36.0 Å². The van der Waals surface area contributed by atoms with E-state index < -0.39 is 0 Å². The van der Waals surface area contributed by atoms with Crippen LogP contribution in [0.15, 0.2) is 0 Å². The first kappa shape index (κ1) is 12.0. The van der Waals surface area contributed by atoms with Gasteiger partial charge in [-0.15, -0.1) is 0 Å². The first-order valence-electron chi connectivity index (χ1n) is 5.48. The lowest BCUT2D eigenvalue weighted by Gasteiger charge is -2.36. The molecule has 2 fully saturated rings. The summed E-state index contributed by atoms with van der Waals surface area (Å²) in [6.07, 6.45) is 3.58. The van der Waals surface area contributed by atoms with Crippen molar-refractivity contribution >= 4 is 0 Å². The van der Waals surface area contributed by atoms with Crippen molar-refractivity contribution in [2.24, 2.45) is 16.7 Å². The molecule has 0 aromatic carbocycles. The largest absolute Gasteiger partial charge is 0.393 e. The van der Waals surface area contributed by atoms with E-state index in [2.05, 4.69) is 25.5 Å². The van der Waals surface area contributed by atoms with Gasteiger partial charge in [0.1, 0.15) is 0 Å². The van der Waals surface area contributed by atoms with Crippen molar-refractivity contribution in [1.82, 2.24) is 0 Å². The lowest BCUT2D eigenvalue weighted by molar-refractivity contribution is 0.0126. The zero-order valence-electron chi connectivity index (χ0n) is 10.1. The lowest BCUT2D eigenvalue weighted by Crippen LogP contribution is -2.35. The van der Waals surface area contributed by atoms with Gasteiger partial charge in [-0.25, -0.2) is 0 Å². The zero-order chi connectivity index (χ0) is 11.0. The Morgan fingerprint density at radius 3 is 1.86 bits per heavy atom. The molecular weight excluding hydrogens is 176 g/mol. The van der Waals surface area contributed by atoms with Gasteiger partial charge in [0, 0.05) is 14.2 Å². The molecule has 0 spiro atoms. The van der Waals surface area contributed by atoms with Crippen LogP contribution in [0.4, 0.5) is 0 Å². The van der Waals surface area contributed by atoms with Crippen molar-refractivity contribution < 1.29 is 9.84 Å². The molecule has 2 aliphatic rings. The summed E-state index contributed by atoms with van der Waals surface area (Å²) in [6, 6.07) is 0. The molecule has 1 N–H and O–H groups in total. The van der Waals surface area contributed by atoms with Gasteiger partial charge in [0.2, 0.25) is 0 Å². The van der Waals surface area contributed by atoms with Gasteiger partial charge in [0.15, 0.2) is 0 Å². The van der Waals surface area contributed by atoms with Gasteiger partial charge >= 0.3 is 0 Å². The van der Waals surface area contributed by atoms with Crippen LogP contribution in [0.3, 0.4) is 0 Å². The third-order valence-electron chi connectivity index (χ3n) is 4.75. The maximum atomic E-state index is 9.81. The highest BCUT2D eigenvalue weighted by Gasteiger charge is 2.60. The molecule has 0 unspecified atom stereocenters. The molecule has 3 atom stereocenters. The van der Waals surface area contributed by atoms with Crippen LogP contribution in [-0.2, 0) is 4.74 Å². The summed E-state index contributed by atoms with van der Waals surface area (Å²) in [6.45, 7) is 6.90. The molecule has 2 bridgehead atoms. The van der Waals surface area contributed by atoms with Crippen LogP contribution >= 0.6 is 0 Å². The van der Waals surface area contributed by atoms with Gasteiger partial charge < -0.3 is 9.84 Å². The van der Waals surface area contributed by atoms with Gasteiger partial charge in [0.25, 0.3) is 0 Å². The zero-order valence-corrected chi connectivity index (χ0v) is 10.1. The number of hydrogen-bond donors (Lipinski definition) is 1. The minimum absolute atomic E-state index is 0.0313. The third kappa shape index (κ3) is 1.49. The summed E-state index contributed by atoms with van der Waals surface area (Å²) < 4.78 is 4.25. The molecule has 0 saturated heterocycles. The summed E-state index contributed by atoms with van der Waals surface area (Å²) in [4.78, 5) is 0. The standard InChI is InChI=1S/C10H18O.C2H6O/c1-9(2)7-4-5-10(9,3)8(11)6-7;1-3-2/h7-8,11H,4-6H2,1-3H3;1-2H3/t7-,8+,10+;/m1./s1. The summed E-state index contributed by atoms with van der Waals surface area (Å²) in [5.74, 6) is 0.780. The normalized spacial score (nSPS) is 43.3. The van der Waals surface area contributed by atoms with Crippen molar-refractivity contribution in [3.05, 3.63) is 0 Å². The minimum Gasteiger partial charge on any atom is -0.393 e. The monoisotopic (exact) mass is 200 g/mol. The fourth-order valence-corrected chi connectivity index (χ4v) is 3.16. The van der Waals surface area contributed by atoms with E-state index in [1.165, 1.54) is 12.8 Å². The van der Waals surface area contributed by atoms with E-state index in [4.69, 9.17) is 0 Å². The summed E-state index contributed by atoms with van der Waals surface area (Å²) in [5.41, 5.74) is 0.601. The fraction of sp³-hybridized carbons (Fsp3) is 1.00. The Balaban J connectivity index is 0.000000293. The van der Waals surface area contributed by atoms with Crippen molar-refractivity contribution in [1.29, 1.82) is 0 Å². The second-order valence-corrected chi connectivity index (χ2v) is 5.53. The van der Waals surface area contributed by atoms with E-state index in [9.17, 15) is 5.11 Å². The van der Waals surface area contributed by atoms with Crippen molar-refractivity contribution in [3.63, 3.8) is 0 Å². The van der Waals surface area contributed by atoms with Crippen LogP contribution < -0.4 is 0 Å². The first-order chi connectivity index (χ1) is 6.40. The molecule has 2 nitrogen and oxygen atoms in total. The Morgan fingerprint density at radius 2 is 1.71 bits per heavy atom. The van der Waals surface area contributed by atoms with Crippen LogP contribution in [0.1, 0.15) is 40.0 Å². The number of ether oxygens (including phenoxy) is 1. The topological polar surface area (TPSA) is 29.5 Å². The molecule has 0 amide bonds. The average Bonchev–Trinajstić information content (AvgIpc) is 2.38.